The summed E-state index contributed by atoms with van der Waals surface area (Å²) in [5.41, 5.74) is 2.81. The number of hydrogen-bond donors (Lipinski definition) is 2. The molecular formula is C26H33N3O2. The molecule has 0 radical (unpaired) electrons. The quantitative estimate of drug-likeness (QED) is 0.798. The van der Waals surface area contributed by atoms with Crippen LogP contribution >= 0.6 is 0 Å². The van der Waals surface area contributed by atoms with Crippen LogP contribution in [0.15, 0.2) is 42.7 Å². The van der Waals surface area contributed by atoms with Crippen LogP contribution in [0.4, 0.5) is 0 Å². The number of nitrogens with zero attached hydrogens (tertiary/aromatic N) is 3. The topological polar surface area (TPSA) is 59.8 Å². The second-order valence-electron chi connectivity index (χ2n) is 10.4. The molecule has 6 rings (SSSR count). The first kappa shape index (κ1) is 19.7. The molecule has 31 heavy (non-hydrogen) atoms. The van der Waals surface area contributed by atoms with Crippen molar-refractivity contribution < 1.29 is 10.2 Å². The molecule has 5 heteroatoms. The van der Waals surface area contributed by atoms with E-state index in [1.54, 1.807) is 0 Å². The highest BCUT2D eigenvalue weighted by atomic mass is 16.3. The Labute approximate surface area is 184 Å². The van der Waals surface area contributed by atoms with E-state index in [2.05, 4.69) is 33.0 Å². The van der Waals surface area contributed by atoms with Crippen molar-refractivity contribution in [2.24, 2.45) is 5.92 Å². The second kappa shape index (κ2) is 7.29. The van der Waals surface area contributed by atoms with E-state index >= 15 is 0 Å². The lowest BCUT2D eigenvalue weighted by atomic mass is 9.52. The van der Waals surface area contributed by atoms with E-state index < -0.39 is 5.60 Å². The predicted molar refractivity (Wildman–Crippen MR) is 120 cm³/mol. The molecule has 4 aliphatic rings. The summed E-state index contributed by atoms with van der Waals surface area (Å²) in [5.74, 6) is 1.15. The van der Waals surface area contributed by atoms with Crippen LogP contribution in [-0.4, -0.2) is 62.8 Å². The van der Waals surface area contributed by atoms with Gasteiger partial charge in [0.15, 0.2) is 0 Å². The first-order valence-electron chi connectivity index (χ1n) is 12.0. The summed E-state index contributed by atoms with van der Waals surface area (Å²) in [5, 5.41) is 22.9. The van der Waals surface area contributed by atoms with Crippen molar-refractivity contribution >= 4 is 0 Å². The van der Waals surface area contributed by atoms with Gasteiger partial charge in [0.2, 0.25) is 0 Å². The summed E-state index contributed by atoms with van der Waals surface area (Å²) in [7, 11) is 0. The standard InChI is InChI=1S/C26H33N3O2/c30-22-4-3-21-15-24-26(31)9-13-28(17-20-5-10-27-11-6-20)12-7-25(26,23(21)16-22)8-14-29(24)18-19-1-2-19/h3-6,10-11,16,19,24,30-31H,1-2,7-9,12-15,17-18H2. The number of aliphatic hydroxyl groups is 1. The van der Waals surface area contributed by atoms with Crippen LogP contribution in [0.25, 0.3) is 0 Å². The molecule has 0 spiro atoms. The number of benzene rings is 1. The maximum absolute atomic E-state index is 12.5. The molecule has 2 saturated heterocycles. The van der Waals surface area contributed by atoms with Crippen LogP contribution < -0.4 is 0 Å². The molecule has 2 aromatic rings. The Hall–Kier alpha value is -1.95. The van der Waals surface area contributed by atoms with Crippen molar-refractivity contribution in [2.75, 3.05) is 26.2 Å². The maximum Gasteiger partial charge on any atom is 0.115 e. The fourth-order valence-electron chi connectivity index (χ4n) is 6.82. The normalized spacial score (nSPS) is 33.4. The predicted octanol–water partition coefficient (Wildman–Crippen LogP) is 3.09. The van der Waals surface area contributed by atoms with Crippen molar-refractivity contribution in [2.45, 2.75) is 62.1 Å². The number of phenolic OH excluding ortho intramolecular Hbond substituents is 1. The van der Waals surface area contributed by atoms with Gasteiger partial charge in [-0.15, -0.1) is 0 Å². The zero-order valence-electron chi connectivity index (χ0n) is 18.2. The number of hydrogen-bond acceptors (Lipinski definition) is 5. The molecular weight excluding hydrogens is 386 g/mol. The first-order chi connectivity index (χ1) is 15.1. The Morgan fingerprint density at radius 3 is 2.58 bits per heavy atom. The highest BCUT2D eigenvalue weighted by Gasteiger charge is 2.63. The summed E-state index contributed by atoms with van der Waals surface area (Å²) in [6, 6.07) is 10.3. The number of aromatic hydroxyl groups is 1. The Kier molecular flexibility index (Phi) is 4.64. The number of rotatable bonds is 4. The highest BCUT2D eigenvalue weighted by molar-refractivity contribution is 5.48. The maximum atomic E-state index is 12.5. The number of fused-ring (bicyclic) bond motifs is 1. The Bertz CT molecular complexity index is 962. The third kappa shape index (κ3) is 3.21. The minimum atomic E-state index is -0.742. The van der Waals surface area contributed by atoms with Gasteiger partial charge in [0.25, 0.3) is 0 Å². The van der Waals surface area contributed by atoms with Crippen molar-refractivity contribution in [1.29, 1.82) is 0 Å². The van der Waals surface area contributed by atoms with E-state index in [1.807, 2.05) is 24.5 Å². The molecule has 2 aliphatic heterocycles. The van der Waals surface area contributed by atoms with Crippen LogP contribution in [0.3, 0.4) is 0 Å². The van der Waals surface area contributed by atoms with Gasteiger partial charge in [0.05, 0.1) is 5.60 Å². The fraction of sp³-hybridized carbons (Fsp3) is 0.577. The molecule has 1 saturated carbocycles. The number of likely N-dealkylation sites (tertiary alicyclic amines) is 2. The third-order valence-electron chi connectivity index (χ3n) is 8.68. The molecule has 1 aromatic carbocycles. The molecule has 3 heterocycles. The molecule has 164 valence electrons. The molecule has 3 atom stereocenters. The van der Waals surface area contributed by atoms with Crippen molar-refractivity contribution in [3.05, 3.63) is 59.4 Å². The smallest absolute Gasteiger partial charge is 0.115 e. The monoisotopic (exact) mass is 419 g/mol. The summed E-state index contributed by atoms with van der Waals surface area (Å²) < 4.78 is 0. The number of phenols is 1. The lowest BCUT2D eigenvalue weighted by Gasteiger charge is -2.61. The van der Waals surface area contributed by atoms with E-state index in [0.717, 1.165) is 64.3 Å². The van der Waals surface area contributed by atoms with Gasteiger partial charge < -0.3 is 10.2 Å². The van der Waals surface area contributed by atoms with Gasteiger partial charge in [-0.05, 0) is 98.5 Å². The first-order valence-corrected chi connectivity index (χ1v) is 12.0. The van der Waals surface area contributed by atoms with Gasteiger partial charge in [-0.1, -0.05) is 6.07 Å². The van der Waals surface area contributed by atoms with Gasteiger partial charge in [-0.2, -0.15) is 0 Å². The molecule has 1 aromatic heterocycles. The van der Waals surface area contributed by atoms with E-state index in [4.69, 9.17) is 0 Å². The van der Waals surface area contributed by atoms with Crippen LogP contribution in [0.5, 0.6) is 5.75 Å². The minimum Gasteiger partial charge on any atom is -0.508 e. The Morgan fingerprint density at radius 2 is 1.77 bits per heavy atom. The Balaban J connectivity index is 1.37. The minimum absolute atomic E-state index is 0.180. The molecule has 5 nitrogen and oxygen atoms in total. The van der Waals surface area contributed by atoms with E-state index in [9.17, 15) is 10.2 Å². The fourth-order valence-corrected chi connectivity index (χ4v) is 6.82. The van der Waals surface area contributed by atoms with Crippen LogP contribution in [0.1, 0.15) is 48.8 Å². The second-order valence-corrected chi connectivity index (χ2v) is 10.4. The van der Waals surface area contributed by atoms with Gasteiger partial charge in [-0.3, -0.25) is 14.8 Å². The zero-order chi connectivity index (χ0) is 21.1. The largest absolute Gasteiger partial charge is 0.508 e. The van der Waals surface area contributed by atoms with Gasteiger partial charge in [-0.25, -0.2) is 0 Å². The van der Waals surface area contributed by atoms with Crippen LogP contribution in [-0.2, 0) is 18.4 Å². The van der Waals surface area contributed by atoms with Gasteiger partial charge >= 0.3 is 0 Å². The van der Waals surface area contributed by atoms with E-state index in [-0.39, 0.29) is 11.5 Å². The van der Waals surface area contributed by atoms with Crippen molar-refractivity contribution in [3.8, 4) is 5.75 Å². The number of aromatic nitrogens is 1. The highest BCUT2D eigenvalue weighted by Crippen LogP contribution is 2.56. The summed E-state index contributed by atoms with van der Waals surface area (Å²) in [6.45, 7) is 4.97. The number of piperidine rings is 1. The lowest BCUT2D eigenvalue weighted by Crippen LogP contribution is -2.71. The summed E-state index contributed by atoms with van der Waals surface area (Å²) >= 11 is 0. The van der Waals surface area contributed by atoms with Crippen LogP contribution in [0.2, 0.25) is 0 Å². The molecule has 3 unspecified atom stereocenters. The average molecular weight is 420 g/mol. The van der Waals surface area contributed by atoms with Crippen molar-refractivity contribution in [3.63, 3.8) is 0 Å². The Morgan fingerprint density at radius 1 is 1.00 bits per heavy atom. The lowest BCUT2D eigenvalue weighted by molar-refractivity contribution is -0.149. The molecule has 2 bridgehead atoms. The average Bonchev–Trinajstić information content (AvgIpc) is 3.60. The van der Waals surface area contributed by atoms with Crippen molar-refractivity contribution in [1.82, 2.24) is 14.8 Å². The summed E-state index contributed by atoms with van der Waals surface area (Å²) in [4.78, 5) is 9.27. The van der Waals surface area contributed by atoms with Gasteiger partial charge in [0, 0.05) is 43.5 Å². The molecule has 0 amide bonds. The van der Waals surface area contributed by atoms with Crippen LogP contribution in [0, 0.1) is 5.92 Å². The molecule has 3 fully saturated rings. The zero-order valence-corrected chi connectivity index (χ0v) is 18.2. The number of pyridine rings is 1. The van der Waals surface area contributed by atoms with Gasteiger partial charge in [0.1, 0.15) is 5.75 Å². The molecule has 2 aliphatic carbocycles. The SMILES string of the molecule is Oc1ccc2c(c1)C13CCN(Cc4ccncc4)CCC1(O)C(C2)N(CC1CC1)CC3. The third-order valence-corrected chi connectivity index (χ3v) is 8.68. The van der Waals surface area contributed by atoms with E-state index in [1.165, 1.54) is 29.5 Å². The molecule has 2 N–H and O–H groups in total. The summed E-state index contributed by atoms with van der Waals surface area (Å²) in [6.07, 6.45) is 10.0. The van der Waals surface area contributed by atoms with E-state index in [0.29, 0.717) is 5.75 Å².